The van der Waals surface area contributed by atoms with Gasteiger partial charge < -0.3 is 14.9 Å². The zero-order valence-corrected chi connectivity index (χ0v) is 14.1. The zero-order chi connectivity index (χ0) is 17.6. The molecule has 1 aromatic carbocycles. The molecule has 1 saturated heterocycles. The molecule has 1 heterocycles. The second-order valence-corrected chi connectivity index (χ2v) is 7.49. The molecule has 2 aliphatic carbocycles. The molecule has 3 fully saturated rings. The third-order valence-electron chi connectivity index (χ3n) is 6.27. The number of amides is 1. The molecule has 0 spiro atoms. The number of carboxylic acid groups (broad SMARTS) is 1. The van der Waals surface area contributed by atoms with Crippen molar-refractivity contribution in [1.29, 1.82) is 0 Å². The van der Waals surface area contributed by atoms with Crippen molar-refractivity contribution in [2.75, 3.05) is 31.1 Å². The molecule has 134 valence electrons. The van der Waals surface area contributed by atoms with Gasteiger partial charge in [-0.1, -0.05) is 12.1 Å². The summed E-state index contributed by atoms with van der Waals surface area (Å²) in [6.45, 7) is 2.19. The third kappa shape index (κ3) is 2.77. The Balaban J connectivity index is 1.43. The van der Waals surface area contributed by atoms with E-state index in [1.807, 2.05) is 11.0 Å². The number of benzene rings is 1. The highest BCUT2D eigenvalue weighted by atomic mass is 19.1. The molecule has 3 aliphatic rings. The molecular weight excluding hydrogens is 323 g/mol. The van der Waals surface area contributed by atoms with E-state index in [0.29, 0.717) is 31.9 Å². The number of carboxylic acids is 1. The molecule has 1 aromatic rings. The highest BCUT2D eigenvalue weighted by Crippen LogP contribution is 2.53. The van der Waals surface area contributed by atoms with E-state index < -0.39 is 11.9 Å². The van der Waals surface area contributed by atoms with E-state index in [2.05, 4.69) is 0 Å². The molecule has 2 saturated carbocycles. The summed E-state index contributed by atoms with van der Waals surface area (Å²) in [5.41, 5.74) is 0.568. The van der Waals surface area contributed by atoms with E-state index in [9.17, 15) is 19.1 Å². The molecule has 4 rings (SSSR count). The second-order valence-electron chi connectivity index (χ2n) is 7.49. The van der Waals surface area contributed by atoms with E-state index in [1.165, 1.54) is 6.07 Å². The maximum Gasteiger partial charge on any atom is 0.307 e. The van der Waals surface area contributed by atoms with Gasteiger partial charge in [0.05, 0.1) is 17.5 Å². The van der Waals surface area contributed by atoms with Crippen LogP contribution in [-0.4, -0.2) is 48.1 Å². The number of halogens is 1. The summed E-state index contributed by atoms with van der Waals surface area (Å²) in [5, 5.41) is 9.55. The van der Waals surface area contributed by atoms with Gasteiger partial charge in [0.15, 0.2) is 0 Å². The van der Waals surface area contributed by atoms with E-state index in [-0.39, 0.29) is 29.5 Å². The number of rotatable bonds is 3. The molecular formula is C19H23FN2O3. The van der Waals surface area contributed by atoms with Crippen LogP contribution in [0, 0.1) is 29.5 Å². The fourth-order valence-electron chi connectivity index (χ4n) is 5.09. The Morgan fingerprint density at radius 1 is 1.00 bits per heavy atom. The minimum absolute atomic E-state index is 0.00668. The van der Waals surface area contributed by atoms with Crippen LogP contribution < -0.4 is 4.90 Å². The lowest BCUT2D eigenvalue weighted by atomic mass is 9.78. The first-order valence-electron chi connectivity index (χ1n) is 9.07. The molecule has 5 nitrogen and oxygen atoms in total. The van der Waals surface area contributed by atoms with Gasteiger partial charge in [-0.05, 0) is 43.2 Å². The molecule has 1 aliphatic heterocycles. The molecule has 0 radical (unpaired) electrons. The number of nitrogens with zero attached hydrogens (tertiary/aromatic N) is 2. The number of fused-ring (bicyclic) bond motifs is 2. The largest absolute Gasteiger partial charge is 0.481 e. The first-order chi connectivity index (χ1) is 12.1. The monoisotopic (exact) mass is 346 g/mol. The number of carbonyl (C=O) groups is 2. The summed E-state index contributed by atoms with van der Waals surface area (Å²) in [5.74, 6) is -1.57. The molecule has 1 amide bonds. The lowest BCUT2D eigenvalue weighted by Gasteiger charge is -2.39. The Hall–Kier alpha value is -2.11. The summed E-state index contributed by atoms with van der Waals surface area (Å²) in [6.07, 6.45) is 2.79. The quantitative estimate of drug-likeness (QED) is 0.912. The molecule has 0 unspecified atom stereocenters. The van der Waals surface area contributed by atoms with Crippen molar-refractivity contribution in [2.24, 2.45) is 23.7 Å². The second kappa shape index (κ2) is 6.32. The lowest BCUT2D eigenvalue weighted by Crippen LogP contribution is -2.52. The van der Waals surface area contributed by atoms with E-state index >= 15 is 0 Å². The fourth-order valence-corrected chi connectivity index (χ4v) is 5.09. The van der Waals surface area contributed by atoms with Gasteiger partial charge in [0.25, 0.3) is 0 Å². The Morgan fingerprint density at radius 3 is 2.28 bits per heavy atom. The summed E-state index contributed by atoms with van der Waals surface area (Å²) < 4.78 is 13.9. The van der Waals surface area contributed by atoms with Crippen LogP contribution in [0.4, 0.5) is 10.1 Å². The number of aliphatic carboxylic acids is 1. The summed E-state index contributed by atoms with van der Waals surface area (Å²) in [6, 6.07) is 6.67. The Labute approximate surface area is 146 Å². The Kier molecular flexibility index (Phi) is 4.13. The average Bonchev–Trinajstić information content (AvgIpc) is 3.23. The van der Waals surface area contributed by atoms with Crippen molar-refractivity contribution in [2.45, 2.75) is 19.3 Å². The van der Waals surface area contributed by atoms with Crippen LogP contribution in [0.2, 0.25) is 0 Å². The van der Waals surface area contributed by atoms with Crippen LogP contribution in [0.15, 0.2) is 24.3 Å². The van der Waals surface area contributed by atoms with Gasteiger partial charge in [0, 0.05) is 26.2 Å². The maximum absolute atomic E-state index is 13.9. The minimum atomic E-state index is -0.824. The highest BCUT2D eigenvalue weighted by molar-refractivity contribution is 5.86. The molecule has 1 N–H and O–H groups in total. The van der Waals surface area contributed by atoms with Crippen LogP contribution in [0.1, 0.15) is 19.3 Å². The van der Waals surface area contributed by atoms with Gasteiger partial charge in [-0.2, -0.15) is 0 Å². The number of anilines is 1. The van der Waals surface area contributed by atoms with Gasteiger partial charge in [0.2, 0.25) is 5.91 Å². The van der Waals surface area contributed by atoms with Gasteiger partial charge in [-0.25, -0.2) is 4.39 Å². The standard InChI is InChI=1S/C19H23FN2O3/c20-14-3-1-2-4-15(14)21-7-9-22(10-8-21)18(23)16-12-5-6-13(11-12)17(16)19(24)25/h1-4,12-13,16-17H,5-11H2,(H,24,25)/t12-,13-,16-,17+/m0/s1. The molecule has 4 atom stereocenters. The van der Waals surface area contributed by atoms with Crippen molar-refractivity contribution in [3.05, 3.63) is 30.1 Å². The maximum atomic E-state index is 13.9. The molecule has 6 heteroatoms. The predicted octanol–water partition coefficient (Wildman–Crippen LogP) is 2.22. The average molecular weight is 346 g/mol. The van der Waals surface area contributed by atoms with Gasteiger partial charge in [-0.15, -0.1) is 0 Å². The van der Waals surface area contributed by atoms with Crippen molar-refractivity contribution < 1.29 is 19.1 Å². The van der Waals surface area contributed by atoms with Crippen LogP contribution >= 0.6 is 0 Å². The minimum Gasteiger partial charge on any atom is -0.481 e. The van der Waals surface area contributed by atoms with Crippen LogP contribution in [0.3, 0.4) is 0 Å². The Bertz CT molecular complexity index is 687. The first-order valence-corrected chi connectivity index (χ1v) is 9.07. The topological polar surface area (TPSA) is 60.9 Å². The van der Waals surface area contributed by atoms with E-state index in [4.69, 9.17) is 0 Å². The summed E-state index contributed by atoms with van der Waals surface area (Å²) in [4.78, 5) is 28.4. The van der Waals surface area contributed by atoms with E-state index in [1.54, 1.807) is 17.0 Å². The SMILES string of the molecule is O=C(O)[C@@H]1[C@H]2CC[C@@H](C2)[C@@H]1C(=O)N1CCN(c2ccccc2F)CC1. The first kappa shape index (κ1) is 16.4. The number of carbonyl (C=O) groups excluding carboxylic acids is 1. The lowest BCUT2D eigenvalue weighted by molar-refractivity contribution is -0.153. The van der Waals surface area contributed by atoms with E-state index in [0.717, 1.165) is 19.3 Å². The fraction of sp³-hybridized carbons (Fsp3) is 0.579. The van der Waals surface area contributed by atoms with Gasteiger partial charge in [-0.3, -0.25) is 9.59 Å². The van der Waals surface area contributed by atoms with Crippen molar-refractivity contribution >= 4 is 17.6 Å². The van der Waals surface area contributed by atoms with Crippen molar-refractivity contribution in [1.82, 2.24) is 4.90 Å². The summed E-state index contributed by atoms with van der Waals surface area (Å²) in [7, 11) is 0. The summed E-state index contributed by atoms with van der Waals surface area (Å²) >= 11 is 0. The van der Waals surface area contributed by atoms with Gasteiger partial charge in [0.1, 0.15) is 5.82 Å². The molecule has 2 bridgehead atoms. The smallest absolute Gasteiger partial charge is 0.307 e. The zero-order valence-electron chi connectivity index (χ0n) is 14.1. The van der Waals surface area contributed by atoms with Crippen molar-refractivity contribution in [3.63, 3.8) is 0 Å². The number of para-hydroxylation sites is 1. The van der Waals surface area contributed by atoms with Crippen molar-refractivity contribution in [3.8, 4) is 0 Å². The number of hydrogen-bond acceptors (Lipinski definition) is 3. The van der Waals surface area contributed by atoms with Crippen LogP contribution in [-0.2, 0) is 9.59 Å². The highest BCUT2D eigenvalue weighted by Gasteiger charge is 2.54. The molecule has 0 aromatic heterocycles. The number of hydrogen-bond donors (Lipinski definition) is 1. The predicted molar refractivity (Wildman–Crippen MR) is 90.6 cm³/mol. The van der Waals surface area contributed by atoms with Crippen LogP contribution in [0.5, 0.6) is 0 Å². The molecule has 25 heavy (non-hydrogen) atoms. The number of piperazine rings is 1. The normalized spacial score (nSPS) is 31.4. The van der Waals surface area contributed by atoms with Crippen LogP contribution in [0.25, 0.3) is 0 Å². The Morgan fingerprint density at radius 2 is 1.64 bits per heavy atom. The third-order valence-corrected chi connectivity index (χ3v) is 6.27. The van der Waals surface area contributed by atoms with Gasteiger partial charge >= 0.3 is 5.97 Å².